The third-order valence-corrected chi connectivity index (χ3v) is 3.74. The summed E-state index contributed by atoms with van der Waals surface area (Å²) in [5.41, 5.74) is 1.85. The molecule has 112 valence electrons. The zero-order chi connectivity index (χ0) is 15.6. The minimum absolute atomic E-state index is 0.0246. The number of carboxylic acids is 1. The molecule has 1 aromatic heterocycles. The Balaban J connectivity index is 2.50. The molecule has 2 rings (SSSR count). The topological polar surface area (TPSA) is 75.1 Å². The van der Waals surface area contributed by atoms with Crippen molar-refractivity contribution in [2.24, 2.45) is 0 Å². The van der Waals surface area contributed by atoms with Crippen molar-refractivity contribution in [3.63, 3.8) is 0 Å². The van der Waals surface area contributed by atoms with Gasteiger partial charge in [0.1, 0.15) is 0 Å². The Hall–Kier alpha value is -2.01. The third kappa shape index (κ3) is 3.03. The van der Waals surface area contributed by atoms with Gasteiger partial charge in [0.05, 0.1) is 16.3 Å². The largest absolute Gasteiger partial charge is 0.478 e. The molecule has 1 aromatic carbocycles. The van der Waals surface area contributed by atoms with Crippen LogP contribution in [0.25, 0.3) is 5.69 Å². The monoisotopic (exact) mass is 308 g/mol. The highest BCUT2D eigenvalue weighted by Gasteiger charge is 2.15. The molecule has 21 heavy (non-hydrogen) atoms. The maximum Gasteiger partial charge on any atom is 0.337 e. The number of hydrogen-bond acceptors (Lipinski definition) is 2. The van der Waals surface area contributed by atoms with Crippen LogP contribution in [0.5, 0.6) is 0 Å². The van der Waals surface area contributed by atoms with E-state index in [1.54, 1.807) is 6.07 Å². The standard InChI is InChI=1S/C15H17ClN2O3/c1-3-4-5-11-9(2)17-18(14(11)19)10-6-7-13(16)12(8-10)15(20)21/h6-8,17H,3-5H2,1-2H3,(H,20,21). The number of aryl methyl sites for hydroxylation is 1. The highest BCUT2D eigenvalue weighted by Crippen LogP contribution is 2.19. The number of aromatic nitrogens is 2. The zero-order valence-electron chi connectivity index (χ0n) is 11.9. The Labute approximate surface area is 127 Å². The van der Waals surface area contributed by atoms with Crippen molar-refractivity contribution in [2.45, 2.75) is 33.1 Å². The average Bonchev–Trinajstić information content (AvgIpc) is 2.72. The number of nitrogens with one attached hydrogen (secondary N) is 1. The first-order valence-electron chi connectivity index (χ1n) is 6.79. The minimum Gasteiger partial charge on any atom is -0.478 e. The van der Waals surface area contributed by atoms with Crippen LogP contribution >= 0.6 is 11.6 Å². The average molecular weight is 309 g/mol. The Morgan fingerprint density at radius 3 is 2.76 bits per heavy atom. The number of unbranched alkanes of at least 4 members (excludes halogenated alkanes) is 1. The lowest BCUT2D eigenvalue weighted by molar-refractivity contribution is 0.0697. The fourth-order valence-electron chi connectivity index (χ4n) is 2.23. The lowest BCUT2D eigenvalue weighted by Gasteiger charge is -2.04. The molecule has 0 aliphatic heterocycles. The Morgan fingerprint density at radius 1 is 1.43 bits per heavy atom. The SMILES string of the molecule is CCCCc1c(C)[nH]n(-c2ccc(Cl)c(C(=O)O)c2)c1=O. The number of aromatic amines is 1. The summed E-state index contributed by atoms with van der Waals surface area (Å²) in [6.07, 6.45) is 2.66. The zero-order valence-corrected chi connectivity index (χ0v) is 12.7. The van der Waals surface area contributed by atoms with Gasteiger partial charge in [0.15, 0.2) is 0 Å². The van der Waals surface area contributed by atoms with Crippen LogP contribution in [0.2, 0.25) is 5.02 Å². The lowest BCUT2D eigenvalue weighted by Crippen LogP contribution is -2.18. The van der Waals surface area contributed by atoms with Gasteiger partial charge in [-0.3, -0.25) is 9.89 Å². The van der Waals surface area contributed by atoms with Gasteiger partial charge in [0.25, 0.3) is 5.56 Å². The molecule has 1 heterocycles. The van der Waals surface area contributed by atoms with Gasteiger partial charge in [-0.05, 0) is 38.0 Å². The third-order valence-electron chi connectivity index (χ3n) is 3.41. The molecule has 0 spiro atoms. The molecular weight excluding hydrogens is 292 g/mol. The number of carbonyl (C=O) groups is 1. The predicted octanol–water partition coefficient (Wildman–Crippen LogP) is 3.17. The first-order valence-corrected chi connectivity index (χ1v) is 7.17. The van der Waals surface area contributed by atoms with Crippen molar-refractivity contribution in [3.8, 4) is 5.69 Å². The highest BCUT2D eigenvalue weighted by atomic mass is 35.5. The van der Waals surface area contributed by atoms with Crippen LogP contribution in [0, 0.1) is 6.92 Å². The van der Waals surface area contributed by atoms with Crippen molar-refractivity contribution in [1.82, 2.24) is 9.78 Å². The van der Waals surface area contributed by atoms with Gasteiger partial charge in [-0.2, -0.15) is 0 Å². The molecule has 0 unspecified atom stereocenters. The van der Waals surface area contributed by atoms with Gasteiger partial charge in [-0.15, -0.1) is 0 Å². The molecule has 0 amide bonds. The molecule has 5 nitrogen and oxygen atoms in total. The second kappa shape index (κ2) is 6.18. The number of nitrogens with zero attached hydrogens (tertiary/aromatic N) is 1. The van der Waals surface area contributed by atoms with E-state index >= 15 is 0 Å². The Bertz CT molecular complexity index is 731. The van der Waals surface area contributed by atoms with Gasteiger partial charge in [0, 0.05) is 11.3 Å². The van der Waals surface area contributed by atoms with Crippen LogP contribution in [-0.4, -0.2) is 20.9 Å². The van der Waals surface area contributed by atoms with Crippen LogP contribution in [0.4, 0.5) is 0 Å². The van der Waals surface area contributed by atoms with Gasteiger partial charge in [-0.1, -0.05) is 24.9 Å². The van der Waals surface area contributed by atoms with Crippen LogP contribution in [0.1, 0.15) is 41.4 Å². The number of halogens is 1. The van der Waals surface area contributed by atoms with Crippen molar-refractivity contribution < 1.29 is 9.90 Å². The molecule has 0 bridgehead atoms. The van der Waals surface area contributed by atoms with E-state index in [4.69, 9.17) is 16.7 Å². The number of hydrogen-bond donors (Lipinski definition) is 2. The number of benzene rings is 1. The maximum absolute atomic E-state index is 12.4. The summed E-state index contributed by atoms with van der Waals surface area (Å²) in [7, 11) is 0. The van der Waals surface area contributed by atoms with Crippen LogP contribution in [0.15, 0.2) is 23.0 Å². The van der Waals surface area contributed by atoms with E-state index in [1.807, 2.05) is 6.92 Å². The lowest BCUT2D eigenvalue weighted by atomic mass is 10.1. The predicted molar refractivity (Wildman–Crippen MR) is 81.7 cm³/mol. The van der Waals surface area contributed by atoms with Crippen molar-refractivity contribution in [3.05, 3.63) is 50.4 Å². The quantitative estimate of drug-likeness (QED) is 0.891. The first-order chi connectivity index (χ1) is 9.95. The van der Waals surface area contributed by atoms with E-state index in [1.165, 1.54) is 16.8 Å². The fraction of sp³-hybridized carbons (Fsp3) is 0.333. The molecule has 0 atom stereocenters. The molecular formula is C15H17ClN2O3. The molecule has 6 heteroatoms. The molecule has 2 N–H and O–H groups in total. The number of rotatable bonds is 5. The molecule has 0 radical (unpaired) electrons. The summed E-state index contributed by atoms with van der Waals surface area (Å²) in [5, 5.41) is 12.2. The van der Waals surface area contributed by atoms with E-state index in [2.05, 4.69) is 12.0 Å². The molecule has 0 aliphatic carbocycles. The fourth-order valence-corrected chi connectivity index (χ4v) is 2.43. The van der Waals surface area contributed by atoms with Crippen molar-refractivity contribution in [1.29, 1.82) is 0 Å². The summed E-state index contributed by atoms with van der Waals surface area (Å²) in [6, 6.07) is 4.50. The second-order valence-electron chi connectivity index (χ2n) is 4.93. The van der Waals surface area contributed by atoms with E-state index in [-0.39, 0.29) is 16.1 Å². The number of carboxylic acid groups (broad SMARTS) is 1. The smallest absolute Gasteiger partial charge is 0.337 e. The Morgan fingerprint density at radius 2 is 2.14 bits per heavy atom. The second-order valence-corrected chi connectivity index (χ2v) is 5.34. The summed E-state index contributed by atoms with van der Waals surface area (Å²) >= 11 is 5.85. The van der Waals surface area contributed by atoms with Crippen molar-refractivity contribution in [2.75, 3.05) is 0 Å². The summed E-state index contributed by atoms with van der Waals surface area (Å²) < 4.78 is 1.36. The molecule has 0 saturated heterocycles. The summed E-state index contributed by atoms with van der Waals surface area (Å²) in [5.74, 6) is -1.12. The number of H-pyrrole nitrogens is 1. The van der Waals surface area contributed by atoms with Crippen molar-refractivity contribution >= 4 is 17.6 Å². The molecule has 0 fully saturated rings. The van der Waals surface area contributed by atoms with Gasteiger partial charge < -0.3 is 5.11 Å². The van der Waals surface area contributed by atoms with Crippen LogP contribution in [-0.2, 0) is 6.42 Å². The van der Waals surface area contributed by atoms with E-state index in [0.29, 0.717) is 12.1 Å². The highest BCUT2D eigenvalue weighted by molar-refractivity contribution is 6.33. The van der Waals surface area contributed by atoms with Crippen LogP contribution in [0.3, 0.4) is 0 Å². The summed E-state index contributed by atoms with van der Waals surface area (Å²) in [4.78, 5) is 23.5. The molecule has 0 aliphatic rings. The van der Waals surface area contributed by atoms with Crippen LogP contribution < -0.4 is 5.56 Å². The minimum atomic E-state index is -1.12. The van der Waals surface area contributed by atoms with E-state index in [9.17, 15) is 9.59 Å². The number of aromatic carboxylic acids is 1. The van der Waals surface area contributed by atoms with E-state index < -0.39 is 5.97 Å². The maximum atomic E-state index is 12.4. The van der Waals surface area contributed by atoms with Gasteiger partial charge in [0.2, 0.25) is 0 Å². The summed E-state index contributed by atoms with van der Waals surface area (Å²) in [6.45, 7) is 3.91. The van der Waals surface area contributed by atoms with Gasteiger partial charge in [-0.25, -0.2) is 9.48 Å². The molecule has 2 aromatic rings. The van der Waals surface area contributed by atoms with E-state index in [0.717, 1.165) is 24.1 Å². The Kier molecular flexibility index (Phi) is 4.53. The first kappa shape index (κ1) is 15.4. The van der Waals surface area contributed by atoms with Gasteiger partial charge >= 0.3 is 5.97 Å². The normalized spacial score (nSPS) is 10.8. The molecule has 0 saturated carbocycles.